The number of hydrogen-bond acceptors (Lipinski definition) is 4. The first-order chi connectivity index (χ1) is 14.1. The zero-order valence-corrected chi connectivity index (χ0v) is 17.1. The molecule has 1 aliphatic rings. The Labute approximate surface area is 175 Å². The van der Waals surface area contributed by atoms with Crippen molar-refractivity contribution in [2.24, 2.45) is 5.92 Å². The van der Waals surface area contributed by atoms with Crippen LogP contribution < -0.4 is 10.2 Å². The number of halogens is 1. The van der Waals surface area contributed by atoms with Gasteiger partial charge in [-0.05, 0) is 50.1 Å². The van der Waals surface area contributed by atoms with Crippen LogP contribution in [0.25, 0.3) is 11.4 Å². The van der Waals surface area contributed by atoms with Crippen molar-refractivity contribution in [3.05, 3.63) is 71.4 Å². The minimum absolute atomic E-state index is 0.000310. The van der Waals surface area contributed by atoms with E-state index >= 15 is 0 Å². The normalized spacial score (nSPS) is 14.6. The second-order valence-corrected chi connectivity index (χ2v) is 7.80. The third kappa shape index (κ3) is 4.74. The summed E-state index contributed by atoms with van der Waals surface area (Å²) in [4.78, 5) is 24.0. The molecule has 1 amide bonds. The summed E-state index contributed by atoms with van der Waals surface area (Å²) in [5.74, 6) is 1.70. The standard InChI is InChI=1S/C23H23ClN4O/c1-16-2-4-17(5-3-16)22-25-13-10-21(27-22)28-14-11-18(12-15-28)23(29)26-20-8-6-19(24)7-9-20/h2-10,13,18H,11-12,14-15H2,1H3,(H,26,29). The molecule has 1 aromatic heterocycles. The zero-order chi connectivity index (χ0) is 20.2. The Hall–Kier alpha value is -2.92. The van der Waals surface area contributed by atoms with E-state index < -0.39 is 0 Å². The lowest BCUT2D eigenvalue weighted by molar-refractivity contribution is -0.120. The Morgan fingerprint density at radius 3 is 2.41 bits per heavy atom. The van der Waals surface area contributed by atoms with Crippen molar-refractivity contribution in [2.75, 3.05) is 23.3 Å². The van der Waals surface area contributed by atoms with E-state index in [4.69, 9.17) is 16.6 Å². The molecular weight excluding hydrogens is 384 g/mol. The van der Waals surface area contributed by atoms with Crippen LogP contribution in [0, 0.1) is 12.8 Å². The summed E-state index contributed by atoms with van der Waals surface area (Å²) in [5, 5.41) is 3.65. The van der Waals surface area contributed by atoms with E-state index in [2.05, 4.69) is 34.3 Å². The summed E-state index contributed by atoms with van der Waals surface area (Å²) < 4.78 is 0. The van der Waals surface area contributed by atoms with E-state index in [1.807, 2.05) is 30.3 Å². The van der Waals surface area contributed by atoms with Crippen molar-refractivity contribution in [1.29, 1.82) is 0 Å². The lowest BCUT2D eigenvalue weighted by atomic mass is 9.96. The van der Waals surface area contributed by atoms with Crippen molar-refractivity contribution in [3.63, 3.8) is 0 Å². The molecule has 2 aromatic carbocycles. The second kappa shape index (κ2) is 8.62. The fourth-order valence-electron chi connectivity index (χ4n) is 3.52. The number of hydrogen-bond donors (Lipinski definition) is 1. The second-order valence-electron chi connectivity index (χ2n) is 7.36. The Balaban J connectivity index is 1.38. The number of carbonyl (C=O) groups excluding carboxylic acids is 1. The third-order valence-corrected chi connectivity index (χ3v) is 5.50. The van der Waals surface area contributed by atoms with Crippen LogP contribution in [0.5, 0.6) is 0 Å². The molecule has 148 valence electrons. The summed E-state index contributed by atoms with van der Waals surface area (Å²) >= 11 is 5.90. The molecule has 3 aromatic rings. The first kappa shape index (κ1) is 19.4. The maximum absolute atomic E-state index is 12.6. The number of aryl methyl sites for hydroxylation is 1. The van der Waals surface area contributed by atoms with E-state index in [0.29, 0.717) is 5.02 Å². The zero-order valence-electron chi connectivity index (χ0n) is 16.3. The van der Waals surface area contributed by atoms with Gasteiger partial charge in [0.25, 0.3) is 0 Å². The number of nitrogens with zero attached hydrogens (tertiary/aromatic N) is 3. The molecule has 1 saturated heterocycles. The average molecular weight is 407 g/mol. The van der Waals surface area contributed by atoms with Crippen molar-refractivity contribution < 1.29 is 4.79 Å². The molecule has 0 unspecified atom stereocenters. The molecule has 0 saturated carbocycles. The molecule has 0 atom stereocenters. The summed E-state index contributed by atoms with van der Waals surface area (Å²) in [6, 6.07) is 17.4. The van der Waals surface area contributed by atoms with Gasteiger partial charge in [-0.25, -0.2) is 9.97 Å². The molecule has 0 radical (unpaired) electrons. The predicted molar refractivity (Wildman–Crippen MR) is 117 cm³/mol. The van der Waals surface area contributed by atoms with Crippen LogP contribution in [0.4, 0.5) is 11.5 Å². The molecular formula is C23H23ClN4O. The number of aromatic nitrogens is 2. The van der Waals surface area contributed by atoms with E-state index in [0.717, 1.165) is 48.8 Å². The third-order valence-electron chi connectivity index (χ3n) is 5.25. The SMILES string of the molecule is Cc1ccc(-c2nccc(N3CCC(C(=O)Nc4ccc(Cl)cc4)CC3)n2)cc1. The molecule has 1 aliphatic heterocycles. The van der Waals surface area contributed by atoms with Crippen LogP contribution in [0.3, 0.4) is 0 Å². The smallest absolute Gasteiger partial charge is 0.227 e. The van der Waals surface area contributed by atoms with Gasteiger partial charge in [0.1, 0.15) is 5.82 Å². The molecule has 0 aliphatic carbocycles. The van der Waals surface area contributed by atoms with Gasteiger partial charge in [-0.1, -0.05) is 41.4 Å². The fraction of sp³-hybridized carbons (Fsp3) is 0.261. The van der Waals surface area contributed by atoms with Gasteiger partial charge in [0.2, 0.25) is 5.91 Å². The van der Waals surface area contributed by atoms with Crippen molar-refractivity contribution >= 4 is 29.0 Å². The largest absolute Gasteiger partial charge is 0.356 e. The van der Waals surface area contributed by atoms with Gasteiger partial charge >= 0.3 is 0 Å². The van der Waals surface area contributed by atoms with Gasteiger partial charge in [-0.3, -0.25) is 4.79 Å². The van der Waals surface area contributed by atoms with Gasteiger partial charge in [-0.15, -0.1) is 0 Å². The number of amides is 1. The molecule has 4 rings (SSSR count). The van der Waals surface area contributed by atoms with Crippen molar-refractivity contribution in [2.45, 2.75) is 19.8 Å². The van der Waals surface area contributed by atoms with Crippen molar-refractivity contribution in [3.8, 4) is 11.4 Å². The van der Waals surface area contributed by atoms with E-state index in [9.17, 15) is 4.79 Å². The molecule has 29 heavy (non-hydrogen) atoms. The molecule has 6 heteroatoms. The number of carbonyl (C=O) groups is 1. The van der Waals surface area contributed by atoms with Crippen LogP contribution in [-0.4, -0.2) is 29.0 Å². The Kier molecular flexibility index (Phi) is 5.76. The molecule has 0 bridgehead atoms. The van der Waals surface area contributed by atoms with Gasteiger partial charge in [0.05, 0.1) is 0 Å². The van der Waals surface area contributed by atoms with Gasteiger partial charge in [-0.2, -0.15) is 0 Å². The topological polar surface area (TPSA) is 58.1 Å². The molecule has 0 spiro atoms. The van der Waals surface area contributed by atoms with Gasteiger partial charge in [0.15, 0.2) is 5.82 Å². The van der Waals surface area contributed by atoms with E-state index in [1.54, 1.807) is 18.3 Å². The maximum Gasteiger partial charge on any atom is 0.227 e. The predicted octanol–water partition coefficient (Wildman–Crippen LogP) is 4.96. The van der Waals surface area contributed by atoms with Crippen LogP contribution in [0.1, 0.15) is 18.4 Å². The molecule has 1 fully saturated rings. The summed E-state index contributed by atoms with van der Waals surface area (Å²) in [7, 11) is 0. The number of piperidine rings is 1. The summed E-state index contributed by atoms with van der Waals surface area (Å²) in [6.07, 6.45) is 3.39. The van der Waals surface area contributed by atoms with Crippen LogP contribution in [0.15, 0.2) is 60.8 Å². The number of benzene rings is 2. The number of nitrogens with one attached hydrogen (secondary N) is 1. The molecule has 5 nitrogen and oxygen atoms in total. The first-order valence-corrected chi connectivity index (χ1v) is 10.2. The lowest BCUT2D eigenvalue weighted by Gasteiger charge is -2.32. The minimum atomic E-state index is 0.000310. The molecule has 1 N–H and O–H groups in total. The fourth-order valence-corrected chi connectivity index (χ4v) is 3.64. The number of rotatable bonds is 4. The highest BCUT2D eigenvalue weighted by Gasteiger charge is 2.26. The minimum Gasteiger partial charge on any atom is -0.356 e. The quantitative estimate of drug-likeness (QED) is 0.665. The van der Waals surface area contributed by atoms with Crippen molar-refractivity contribution in [1.82, 2.24) is 9.97 Å². The first-order valence-electron chi connectivity index (χ1n) is 9.80. The Bertz CT molecular complexity index is 981. The van der Waals surface area contributed by atoms with E-state index in [1.165, 1.54) is 5.56 Å². The highest BCUT2D eigenvalue weighted by atomic mass is 35.5. The lowest BCUT2D eigenvalue weighted by Crippen LogP contribution is -2.38. The van der Waals surface area contributed by atoms with Gasteiger partial charge in [0, 0.05) is 41.5 Å². The van der Waals surface area contributed by atoms with E-state index in [-0.39, 0.29) is 11.8 Å². The van der Waals surface area contributed by atoms with Crippen LogP contribution in [0.2, 0.25) is 5.02 Å². The highest BCUT2D eigenvalue weighted by molar-refractivity contribution is 6.30. The number of anilines is 2. The van der Waals surface area contributed by atoms with Crippen LogP contribution in [-0.2, 0) is 4.79 Å². The summed E-state index contributed by atoms with van der Waals surface area (Å²) in [5.41, 5.74) is 3.00. The average Bonchev–Trinajstić information content (AvgIpc) is 2.76. The monoisotopic (exact) mass is 406 g/mol. The maximum atomic E-state index is 12.6. The molecule has 2 heterocycles. The summed E-state index contributed by atoms with van der Waals surface area (Å²) in [6.45, 7) is 3.65. The Morgan fingerprint density at radius 1 is 1.03 bits per heavy atom. The van der Waals surface area contributed by atoms with Crippen LogP contribution >= 0.6 is 11.6 Å². The Morgan fingerprint density at radius 2 is 1.72 bits per heavy atom. The van der Waals surface area contributed by atoms with Gasteiger partial charge < -0.3 is 10.2 Å². The highest BCUT2D eigenvalue weighted by Crippen LogP contribution is 2.25.